The largest absolute Gasteiger partial charge is 0.462 e. The van der Waals surface area contributed by atoms with E-state index in [1.165, 1.54) is 0 Å². The quantitative estimate of drug-likeness (QED) is 0.826. The van der Waals surface area contributed by atoms with Gasteiger partial charge < -0.3 is 14.9 Å². The Bertz CT molecular complexity index is 439. The van der Waals surface area contributed by atoms with Gasteiger partial charge in [0.25, 0.3) is 0 Å². The summed E-state index contributed by atoms with van der Waals surface area (Å²) in [6.07, 6.45) is 1.62. The van der Waals surface area contributed by atoms with Crippen LogP contribution in [-0.4, -0.2) is 16.9 Å². The molecule has 0 spiro atoms. The molecule has 0 saturated carbocycles. The molecule has 0 aliphatic heterocycles. The van der Waals surface area contributed by atoms with Crippen LogP contribution < -0.4 is 5.73 Å². The smallest absolute Gasteiger partial charge is 0.159 e. The van der Waals surface area contributed by atoms with Gasteiger partial charge in [0.15, 0.2) is 5.76 Å². The van der Waals surface area contributed by atoms with Crippen molar-refractivity contribution in [1.82, 2.24) is 9.78 Å². The van der Waals surface area contributed by atoms with Crippen molar-refractivity contribution in [2.24, 2.45) is 7.05 Å². The van der Waals surface area contributed by atoms with Crippen LogP contribution >= 0.6 is 0 Å². The Kier molecular flexibility index (Phi) is 2.47. The van der Waals surface area contributed by atoms with E-state index in [0.717, 1.165) is 11.3 Å². The summed E-state index contributed by atoms with van der Waals surface area (Å²) >= 11 is 0. The Morgan fingerprint density at radius 2 is 2.40 bits per heavy atom. The topological polar surface area (TPSA) is 66.2 Å². The molecule has 0 aromatic carbocycles. The molecule has 2 heterocycles. The van der Waals surface area contributed by atoms with Crippen LogP contribution in [0, 0.1) is 0 Å². The van der Waals surface area contributed by atoms with Crippen molar-refractivity contribution in [3.05, 3.63) is 24.0 Å². The van der Waals surface area contributed by atoms with E-state index in [1.807, 2.05) is 6.07 Å². The summed E-state index contributed by atoms with van der Waals surface area (Å²) in [5.41, 5.74) is 7.40. The lowest BCUT2D eigenvalue weighted by Gasteiger charge is -1.97. The zero-order chi connectivity index (χ0) is 10.8. The fourth-order valence-electron chi connectivity index (χ4n) is 1.42. The highest BCUT2D eigenvalue weighted by atomic mass is 16.5. The summed E-state index contributed by atoms with van der Waals surface area (Å²) in [4.78, 5) is 0. The second-order valence-electron chi connectivity index (χ2n) is 3.29. The minimum Gasteiger partial charge on any atom is -0.462 e. The summed E-state index contributed by atoms with van der Waals surface area (Å²) in [6.45, 7) is 0.502. The fourth-order valence-corrected chi connectivity index (χ4v) is 1.42. The Labute approximate surface area is 87.4 Å². The molecule has 0 saturated heterocycles. The van der Waals surface area contributed by atoms with E-state index in [-0.39, 0.29) is 0 Å². The zero-order valence-electron chi connectivity index (χ0n) is 8.73. The molecule has 0 aliphatic carbocycles. The van der Waals surface area contributed by atoms with Crippen molar-refractivity contribution in [1.29, 1.82) is 0 Å². The van der Waals surface area contributed by atoms with Crippen LogP contribution in [0.3, 0.4) is 0 Å². The number of rotatable bonds is 3. The highest BCUT2D eigenvalue weighted by molar-refractivity contribution is 5.60. The number of ether oxygens (including phenoxy) is 1. The number of methoxy groups -OCH3 is 1. The number of aryl methyl sites for hydroxylation is 1. The van der Waals surface area contributed by atoms with Crippen LogP contribution in [0.15, 0.2) is 22.8 Å². The predicted molar refractivity (Wildman–Crippen MR) is 56.0 cm³/mol. The molecule has 0 amide bonds. The minimum absolute atomic E-state index is 0.502. The van der Waals surface area contributed by atoms with Crippen LogP contribution in [0.4, 0.5) is 5.82 Å². The third-order valence-corrected chi connectivity index (χ3v) is 2.20. The maximum Gasteiger partial charge on any atom is 0.159 e. The molecule has 2 N–H and O–H groups in total. The molecule has 0 bridgehead atoms. The SMILES string of the molecule is COCc1ccoc1-c1cc(N)n(C)n1. The van der Waals surface area contributed by atoms with Gasteiger partial charge in [-0.05, 0) is 6.07 Å². The highest BCUT2D eigenvalue weighted by Crippen LogP contribution is 2.25. The number of nitrogens with two attached hydrogens (primary N) is 1. The second-order valence-corrected chi connectivity index (χ2v) is 3.29. The standard InChI is InChI=1S/C10H13N3O2/c1-13-9(11)5-8(12-13)10-7(6-14-2)3-4-15-10/h3-5H,6,11H2,1-2H3. The average molecular weight is 207 g/mol. The monoisotopic (exact) mass is 207 g/mol. The average Bonchev–Trinajstić information content (AvgIpc) is 2.76. The van der Waals surface area contributed by atoms with E-state index in [2.05, 4.69) is 5.10 Å². The van der Waals surface area contributed by atoms with Crippen molar-refractivity contribution in [2.75, 3.05) is 12.8 Å². The predicted octanol–water partition coefficient (Wildman–Crippen LogP) is 1.41. The Balaban J connectivity index is 2.40. The number of hydrogen-bond donors (Lipinski definition) is 1. The Hall–Kier alpha value is -1.75. The lowest BCUT2D eigenvalue weighted by Crippen LogP contribution is -1.96. The molecular weight excluding hydrogens is 194 g/mol. The van der Waals surface area contributed by atoms with Gasteiger partial charge in [-0.25, -0.2) is 0 Å². The molecule has 0 radical (unpaired) electrons. The van der Waals surface area contributed by atoms with E-state index >= 15 is 0 Å². The molecule has 2 aromatic heterocycles. The van der Waals surface area contributed by atoms with Gasteiger partial charge in [0.2, 0.25) is 0 Å². The zero-order valence-corrected chi connectivity index (χ0v) is 8.73. The summed E-state index contributed by atoms with van der Waals surface area (Å²) in [5, 5.41) is 4.24. The number of furan rings is 1. The maximum atomic E-state index is 5.70. The van der Waals surface area contributed by atoms with Crippen LogP contribution in [0.1, 0.15) is 5.56 Å². The van der Waals surface area contributed by atoms with Gasteiger partial charge in [-0.2, -0.15) is 5.10 Å². The summed E-state index contributed by atoms with van der Waals surface area (Å²) in [5.74, 6) is 1.31. The van der Waals surface area contributed by atoms with Crippen molar-refractivity contribution in [3.63, 3.8) is 0 Å². The molecular formula is C10H13N3O2. The number of aromatic nitrogens is 2. The van der Waals surface area contributed by atoms with Crippen LogP contribution in [0.5, 0.6) is 0 Å². The second kappa shape index (κ2) is 3.78. The summed E-state index contributed by atoms with van der Waals surface area (Å²) in [6, 6.07) is 3.64. The van der Waals surface area contributed by atoms with Gasteiger partial charge >= 0.3 is 0 Å². The summed E-state index contributed by atoms with van der Waals surface area (Å²) in [7, 11) is 3.43. The van der Waals surface area contributed by atoms with Crippen molar-refractivity contribution in [3.8, 4) is 11.5 Å². The van der Waals surface area contributed by atoms with E-state index in [9.17, 15) is 0 Å². The number of nitrogen functional groups attached to an aromatic ring is 1. The minimum atomic E-state index is 0.502. The Morgan fingerprint density at radius 1 is 1.60 bits per heavy atom. The number of anilines is 1. The molecule has 0 unspecified atom stereocenters. The first kappa shape index (κ1) is 9.79. The molecule has 0 fully saturated rings. The number of hydrogen-bond acceptors (Lipinski definition) is 4. The van der Waals surface area contributed by atoms with Crippen LogP contribution in [0.25, 0.3) is 11.5 Å². The van der Waals surface area contributed by atoms with Gasteiger partial charge in [-0.1, -0.05) is 0 Å². The van der Waals surface area contributed by atoms with Gasteiger partial charge in [0.05, 0.1) is 12.9 Å². The van der Waals surface area contributed by atoms with Gasteiger partial charge in [0.1, 0.15) is 11.5 Å². The third-order valence-electron chi connectivity index (χ3n) is 2.20. The first-order chi connectivity index (χ1) is 7.22. The van der Waals surface area contributed by atoms with E-state index in [0.29, 0.717) is 18.2 Å². The summed E-state index contributed by atoms with van der Waals surface area (Å²) < 4.78 is 12.0. The third kappa shape index (κ3) is 1.73. The van der Waals surface area contributed by atoms with E-state index in [4.69, 9.17) is 14.9 Å². The number of nitrogens with zero attached hydrogens (tertiary/aromatic N) is 2. The van der Waals surface area contributed by atoms with Crippen molar-refractivity contribution < 1.29 is 9.15 Å². The van der Waals surface area contributed by atoms with E-state index < -0.39 is 0 Å². The lowest BCUT2D eigenvalue weighted by molar-refractivity contribution is 0.185. The fraction of sp³-hybridized carbons (Fsp3) is 0.300. The molecule has 5 nitrogen and oxygen atoms in total. The van der Waals surface area contributed by atoms with Crippen LogP contribution in [-0.2, 0) is 18.4 Å². The molecule has 0 atom stereocenters. The van der Waals surface area contributed by atoms with E-state index in [1.54, 1.807) is 31.2 Å². The molecule has 0 aliphatic rings. The van der Waals surface area contributed by atoms with Gasteiger partial charge in [-0.3, -0.25) is 4.68 Å². The Morgan fingerprint density at radius 3 is 3.00 bits per heavy atom. The van der Waals surface area contributed by atoms with Crippen molar-refractivity contribution >= 4 is 5.82 Å². The molecule has 15 heavy (non-hydrogen) atoms. The van der Waals surface area contributed by atoms with Crippen molar-refractivity contribution in [2.45, 2.75) is 6.61 Å². The first-order valence-electron chi connectivity index (χ1n) is 4.57. The normalized spacial score (nSPS) is 10.8. The lowest BCUT2D eigenvalue weighted by atomic mass is 10.2. The molecule has 2 aromatic rings. The van der Waals surface area contributed by atoms with Gasteiger partial charge in [-0.15, -0.1) is 0 Å². The highest BCUT2D eigenvalue weighted by Gasteiger charge is 2.12. The molecule has 80 valence electrons. The molecule has 5 heteroatoms. The van der Waals surface area contributed by atoms with Gasteiger partial charge in [0, 0.05) is 25.8 Å². The van der Waals surface area contributed by atoms with Crippen LogP contribution in [0.2, 0.25) is 0 Å². The first-order valence-corrected chi connectivity index (χ1v) is 4.57. The molecule has 2 rings (SSSR count). The maximum absolute atomic E-state index is 5.70.